The number of rotatable bonds is 4. The van der Waals surface area contributed by atoms with Crippen LogP contribution in [0.3, 0.4) is 0 Å². The summed E-state index contributed by atoms with van der Waals surface area (Å²) in [7, 11) is 1.64. The van der Waals surface area contributed by atoms with Crippen molar-refractivity contribution in [1.29, 1.82) is 0 Å². The van der Waals surface area contributed by atoms with Crippen LogP contribution in [0.1, 0.15) is 32.6 Å². The molecule has 0 radical (unpaired) electrons. The van der Waals surface area contributed by atoms with Crippen LogP contribution in [0.4, 0.5) is 0 Å². The summed E-state index contributed by atoms with van der Waals surface area (Å²) >= 11 is 0. The highest BCUT2D eigenvalue weighted by Gasteiger charge is 2.58. The van der Waals surface area contributed by atoms with Crippen LogP contribution in [-0.2, 0) is 4.74 Å². The van der Waals surface area contributed by atoms with Crippen molar-refractivity contribution < 1.29 is 9.84 Å². The quantitative estimate of drug-likeness (QED) is 0.736. The largest absolute Gasteiger partial charge is 0.387 e. The van der Waals surface area contributed by atoms with Gasteiger partial charge in [0.05, 0.1) is 12.2 Å². The van der Waals surface area contributed by atoms with Crippen LogP contribution in [0.15, 0.2) is 0 Å². The number of fused-ring (bicyclic) bond motifs is 2. The van der Waals surface area contributed by atoms with Crippen LogP contribution >= 0.6 is 0 Å². The van der Waals surface area contributed by atoms with Gasteiger partial charge in [0, 0.05) is 19.1 Å². The summed E-state index contributed by atoms with van der Waals surface area (Å²) in [5.41, 5.74) is 5.10. The summed E-state index contributed by atoms with van der Waals surface area (Å²) in [5.74, 6) is 1.40. The molecule has 2 aliphatic rings. The molecule has 2 aliphatic carbocycles. The van der Waals surface area contributed by atoms with E-state index in [0.717, 1.165) is 12.3 Å². The van der Waals surface area contributed by atoms with E-state index in [4.69, 9.17) is 10.5 Å². The molecule has 4 unspecified atom stereocenters. The SMILES string of the molecule is COCC(C)(O)C1(CN)CC2CCC1C2. The minimum absolute atomic E-state index is 0.0913. The average Bonchev–Trinajstić information content (AvgIpc) is 2.76. The Balaban J connectivity index is 2.22. The second-order valence-corrected chi connectivity index (χ2v) is 5.65. The second-order valence-electron chi connectivity index (χ2n) is 5.65. The van der Waals surface area contributed by atoms with Gasteiger partial charge < -0.3 is 15.6 Å². The Bertz CT molecular complexity index is 242. The monoisotopic (exact) mass is 213 g/mol. The van der Waals surface area contributed by atoms with Gasteiger partial charge in [0.1, 0.15) is 0 Å². The number of hydrogen-bond acceptors (Lipinski definition) is 3. The lowest BCUT2D eigenvalue weighted by Crippen LogP contribution is -2.56. The van der Waals surface area contributed by atoms with E-state index >= 15 is 0 Å². The van der Waals surface area contributed by atoms with Gasteiger partial charge in [-0.1, -0.05) is 6.42 Å². The maximum Gasteiger partial charge on any atom is 0.0922 e. The molecule has 0 aromatic heterocycles. The van der Waals surface area contributed by atoms with Crippen LogP contribution in [0.25, 0.3) is 0 Å². The Labute approximate surface area is 92.0 Å². The molecular formula is C12H23NO2. The minimum Gasteiger partial charge on any atom is -0.387 e. The third kappa shape index (κ3) is 1.52. The van der Waals surface area contributed by atoms with Gasteiger partial charge in [-0.15, -0.1) is 0 Å². The molecule has 3 N–H and O–H groups in total. The van der Waals surface area contributed by atoms with Gasteiger partial charge >= 0.3 is 0 Å². The summed E-state index contributed by atoms with van der Waals surface area (Å²) in [6.45, 7) is 2.88. The van der Waals surface area contributed by atoms with Crippen molar-refractivity contribution in [3.63, 3.8) is 0 Å². The van der Waals surface area contributed by atoms with E-state index < -0.39 is 5.60 Å². The first-order valence-corrected chi connectivity index (χ1v) is 5.97. The molecule has 2 saturated carbocycles. The van der Waals surface area contributed by atoms with Gasteiger partial charge in [0.25, 0.3) is 0 Å². The molecule has 4 atom stereocenters. The van der Waals surface area contributed by atoms with Gasteiger partial charge in [0.2, 0.25) is 0 Å². The van der Waals surface area contributed by atoms with Crippen LogP contribution in [0, 0.1) is 17.3 Å². The Morgan fingerprint density at radius 3 is 2.67 bits per heavy atom. The molecule has 0 spiro atoms. The number of methoxy groups -OCH3 is 1. The van der Waals surface area contributed by atoms with E-state index in [9.17, 15) is 5.11 Å². The summed E-state index contributed by atoms with van der Waals surface area (Å²) in [6, 6.07) is 0. The molecule has 0 heterocycles. The highest BCUT2D eigenvalue weighted by Crippen LogP contribution is 2.59. The Morgan fingerprint density at radius 2 is 2.27 bits per heavy atom. The molecule has 3 nitrogen and oxygen atoms in total. The lowest BCUT2D eigenvalue weighted by Gasteiger charge is -2.47. The van der Waals surface area contributed by atoms with Crippen LogP contribution < -0.4 is 5.73 Å². The average molecular weight is 213 g/mol. The predicted octanol–water partition coefficient (Wildman–Crippen LogP) is 1.15. The number of aliphatic hydroxyl groups is 1. The predicted molar refractivity (Wildman–Crippen MR) is 59.4 cm³/mol. The van der Waals surface area contributed by atoms with Crippen molar-refractivity contribution in [2.24, 2.45) is 23.0 Å². The molecule has 2 fully saturated rings. The van der Waals surface area contributed by atoms with E-state index in [1.165, 1.54) is 19.3 Å². The summed E-state index contributed by atoms with van der Waals surface area (Å²) in [4.78, 5) is 0. The normalized spacial score (nSPS) is 43.2. The van der Waals surface area contributed by atoms with E-state index in [1.54, 1.807) is 7.11 Å². The fraction of sp³-hybridized carbons (Fsp3) is 1.00. The first kappa shape index (κ1) is 11.4. The summed E-state index contributed by atoms with van der Waals surface area (Å²) in [6.07, 6.45) is 4.92. The van der Waals surface area contributed by atoms with Crippen molar-refractivity contribution in [2.75, 3.05) is 20.3 Å². The maximum atomic E-state index is 10.6. The fourth-order valence-corrected chi connectivity index (χ4v) is 4.00. The minimum atomic E-state index is -0.768. The highest BCUT2D eigenvalue weighted by molar-refractivity contribution is 5.09. The zero-order valence-electron chi connectivity index (χ0n) is 9.83. The maximum absolute atomic E-state index is 10.6. The topological polar surface area (TPSA) is 55.5 Å². The summed E-state index contributed by atoms with van der Waals surface area (Å²) in [5, 5.41) is 10.6. The molecule has 0 aromatic carbocycles. The van der Waals surface area contributed by atoms with Gasteiger partial charge in [-0.25, -0.2) is 0 Å². The van der Waals surface area contributed by atoms with Crippen molar-refractivity contribution in [3.05, 3.63) is 0 Å². The zero-order valence-corrected chi connectivity index (χ0v) is 9.83. The van der Waals surface area contributed by atoms with E-state index in [0.29, 0.717) is 19.1 Å². The molecule has 2 rings (SSSR count). The molecule has 0 saturated heterocycles. The Kier molecular flexibility index (Phi) is 2.82. The van der Waals surface area contributed by atoms with E-state index in [-0.39, 0.29) is 5.41 Å². The van der Waals surface area contributed by atoms with Crippen LogP contribution in [0.2, 0.25) is 0 Å². The second kappa shape index (κ2) is 3.72. The number of nitrogens with two attached hydrogens (primary N) is 1. The van der Waals surface area contributed by atoms with Gasteiger partial charge in [-0.2, -0.15) is 0 Å². The highest BCUT2D eigenvalue weighted by atomic mass is 16.5. The van der Waals surface area contributed by atoms with Gasteiger partial charge in [-0.3, -0.25) is 0 Å². The smallest absolute Gasteiger partial charge is 0.0922 e. The number of ether oxygens (including phenoxy) is 1. The molecule has 0 amide bonds. The molecule has 3 heteroatoms. The third-order valence-corrected chi connectivity index (χ3v) is 4.84. The van der Waals surface area contributed by atoms with Crippen LogP contribution in [-0.4, -0.2) is 31.0 Å². The number of hydrogen-bond donors (Lipinski definition) is 2. The van der Waals surface area contributed by atoms with E-state index in [2.05, 4.69) is 0 Å². The molecule has 0 aliphatic heterocycles. The Hall–Kier alpha value is -0.120. The standard InChI is InChI=1S/C12H23NO2/c1-11(14,8-15-2)12(7-13)6-9-3-4-10(12)5-9/h9-10,14H,3-8,13H2,1-2H3. The third-order valence-electron chi connectivity index (χ3n) is 4.84. The first-order chi connectivity index (χ1) is 7.05. The zero-order chi connectivity index (χ0) is 11.1. The lowest BCUT2D eigenvalue weighted by molar-refractivity contribution is -0.132. The van der Waals surface area contributed by atoms with Gasteiger partial charge in [0.15, 0.2) is 0 Å². The van der Waals surface area contributed by atoms with E-state index in [1.807, 2.05) is 6.92 Å². The molecule has 2 bridgehead atoms. The molecular weight excluding hydrogens is 190 g/mol. The van der Waals surface area contributed by atoms with Crippen molar-refractivity contribution in [3.8, 4) is 0 Å². The molecule has 0 aromatic rings. The van der Waals surface area contributed by atoms with Crippen molar-refractivity contribution in [2.45, 2.75) is 38.2 Å². The van der Waals surface area contributed by atoms with Crippen LogP contribution in [0.5, 0.6) is 0 Å². The fourth-order valence-electron chi connectivity index (χ4n) is 4.00. The first-order valence-electron chi connectivity index (χ1n) is 5.97. The van der Waals surface area contributed by atoms with Crippen molar-refractivity contribution >= 4 is 0 Å². The molecule has 15 heavy (non-hydrogen) atoms. The summed E-state index contributed by atoms with van der Waals surface area (Å²) < 4.78 is 5.15. The van der Waals surface area contributed by atoms with Gasteiger partial charge in [-0.05, 0) is 38.0 Å². The van der Waals surface area contributed by atoms with Crippen molar-refractivity contribution in [1.82, 2.24) is 0 Å². The Morgan fingerprint density at radius 1 is 1.53 bits per heavy atom. The molecule has 88 valence electrons. The lowest BCUT2D eigenvalue weighted by atomic mass is 9.63.